The van der Waals surface area contributed by atoms with Gasteiger partial charge in [-0.1, -0.05) is 84.4 Å². The molecule has 4 aromatic rings. The van der Waals surface area contributed by atoms with Gasteiger partial charge in [0.05, 0.1) is 0 Å². The molecule has 0 saturated heterocycles. The molecule has 2 N–H and O–H groups in total. The van der Waals surface area contributed by atoms with E-state index in [-0.39, 0.29) is 0 Å². The van der Waals surface area contributed by atoms with E-state index >= 15 is 0 Å². The fourth-order valence-electron chi connectivity index (χ4n) is 4.95. The van der Waals surface area contributed by atoms with Gasteiger partial charge in [0.25, 0.3) is 0 Å². The molecule has 0 aliphatic carbocycles. The molecule has 0 bridgehead atoms. The summed E-state index contributed by atoms with van der Waals surface area (Å²) in [7, 11) is 0. The van der Waals surface area contributed by atoms with Crippen molar-refractivity contribution in [2.24, 2.45) is 0 Å². The molecule has 0 spiro atoms. The van der Waals surface area contributed by atoms with Gasteiger partial charge < -0.3 is 19.7 Å². The van der Waals surface area contributed by atoms with Crippen LogP contribution in [0.2, 0.25) is 0 Å². The lowest BCUT2D eigenvalue weighted by molar-refractivity contribution is -0.150. The molecule has 0 amide bonds. The van der Waals surface area contributed by atoms with Crippen molar-refractivity contribution in [3.63, 3.8) is 0 Å². The van der Waals surface area contributed by atoms with Crippen LogP contribution in [0.1, 0.15) is 36.1 Å². The van der Waals surface area contributed by atoms with E-state index < -0.39 is 24.1 Å². The second-order valence-electron chi connectivity index (χ2n) is 11.4. The molecule has 4 rings (SSSR count). The molecule has 0 aliphatic heterocycles. The van der Waals surface area contributed by atoms with Crippen molar-refractivity contribution in [2.75, 3.05) is 24.7 Å². The van der Waals surface area contributed by atoms with E-state index in [9.17, 15) is 19.8 Å². The van der Waals surface area contributed by atoms with E-state index in [1.54, 1.807) is 37.4 Å². The van der Waals surface area contributed by atoms with Crippen molar-refractivity contribution in [1.29, 1.82) is 0 Å². The van der Waals surface area contributed by atoms with Crippen LogP contribution in [0.25, 0.3) is 11.1 Å². The molecule has 2 unspecified atom stereocenters. The van der Waals surface area contributed by atoms with Gasteiger partial charge in [-0.25, -0.2) is 9.59 Å². The van der Waals surface area contributed by atoms with Crippen LogP contribution >= 0.6 is 23.5 Å². The molecule has 0 heterocycles. The number of hydrogen-bond donors (Lipinski definition) is 2. The molecule has 8 heteroatoms. The summed E-state index contributed by atoms with van der Waals surface area (Å²) in [6.45, 7) is 4.33. The van der Waals surface area contributed by atoms with Crippen LogP contribution in [0.3, 0.4) is 0 Å². The maximum Gasteiger partial charge on any atom is 0.333 e. The average Bonchev–Trinajstić information content (AvgIpc) is 3.15. The van der Waals surface area contributed by atoms with Crippen molar-refractivity contribution in [3.8, 4) is 34.8 Å². The molecule has 4 aromatic carbocycles. The molecule has 6 nitrogen and oxygen atoms in total. The van der Waals surface area contributed by atoms with Gasteiger partial charge in [0.15, 0.2) is 12.2 Å². The predicted octanol–water partition coefficient (Wildman–Crippen LogP) is 8.82. The Morgan fingerprint density at radius 2 is 0.962 bits per heavy atom. The van der Waals surface area contributed by atoms with Gasteiger partial charge in [0.2, 0.25) is 0 Å². The van der Waals surface area contributed by atoms with Crippen LogP contribution in [-0.2, 0) is 31.9 Å². The molecule has 52 heavy (non-hydrogen) atoms. The maximum absolute atomic E-state index is 11.3. The third-order valence-corrected chi connectivity index (χ3v) is 9.54. The SMILES string of the molecule is CCOC(Cc1ccc(SC/C=C/C#Cc2ccc(-c3ccc(C#C/C=C/CSc4ccc(CC(OCC)C(=O)O)cc4)cc3)cc2)cc1)C(=O)O. The Balaban J connectivity index is 1.17. The Labute approximate surface area is 315 Å². The minimum atomic E-state index is -0.941. The van der Waals surface area contributed by atoms with Crippen LogP contribution in [0, 0.1) is 23.7 Å². The summed E-state index contributed by atoms with van der Waals surface area (Å²) in [6.07, 6.45) is 6.85. The molecule has 0 radical (unpaired) electrons. The molecule has 266 valence electrons. The van der Waals surface area contributed by atoms with Crippen LogP contribution < -0.4 is 0 Å². The van der Waals surface area contributed by atoms with E-state index in [1.807, 2.05) is 97.1 Å². The van der Waals surface area contributed by atoms with Crippen molar-refractivity contribution < 1.29 is 29.3 Å². The Kier molecular flexibility index (Phi) is 16.9. The van der Waals surface area contributed by atoms with Crippen LogP contribution in [0.4, 0.5) is 0 Å². The Hall–Kier alpha value is -4.96. The van der Waals surface area contributed by atoms with Crippen LogP contribution in [0.15, 0.2) is 131 Å². The summed E-state index contributed by atoms with van der Waals surface area (Å²) >= 11 is 3.38. The van der Waals surface area contributed by atoms with Gasteiger partial charge in [-0.05, 0) is 96.8 Å². The minimum absolute atomic E-state index is 0.350. The van der Waals surface area contributed by atoms with Gasteiger partial charge in [-0.2, -0.15) is 0 Å². The van der Waals surface area contributed by atoms with Crippen LogP contribution in [0.5, 0.6) is 0 Å². The number of carbonyl (C=O) groups is 2. The van der Waals surface area contributed by atoms with E-state index in [0.29, 0.717) is 26.1 Å². The fourth-order valence-corrected chi connectivity index (χ4v) is 6.38. The highest BCUT2D eigenvalue weighted by atomic mass is 32.2. The first-order valence-corrected chi connectivity index (χ1v) is 19.0. The third-order valence-electron chi connectivity index (χ3n) is 7.61. The lowest BCUT2D eigenvalue weighted by Gasteiger charge is -2.12. The Morgan fingerprint density at radius 1 is 0.596 bits per heavy atom. The summed E-state index contributed by atoms with van der Waals surface area (Å²) in [4.78, 5) is 24.8. The standard InChI is InChI=1S/C44H42O6S2/c1-3-49-41(43(45)46)31-35-17-25-39(26-18-35)51-29-9-5-7-11-33-13-21-37(22-14-33)38-23-15-34(16-24-38)12-8-6-10-30-52-40-27-19-36(20-28-40)32-42(44(47)48)50-4-2/h5-6,9-10,13-28,41-42H,3-4,29-32H2,1-2H3,(H,45,46)(H,47,48)/b9-5+,10-6+. The lowest BCUT2D eigenvalue weighted by atomic mass is 10.0. The first-order valence-electron chi connectivity index (χ1n) is 17.0. The van der Waals surface area contributed by atoms with E-state index in [2.05, 4.69) is 47.9 Å². The molecule has 0 aliphatic rings. The number of carboxylic acids is 2. The van der Waals surface area contributed by atoms with Gasteiger partial charge >= 0.3 is 11.9 Å². The Morgan fingerprint density at radius 3 is 1.29 bits per heavy atom. The number of carboxylic acid groups (broad SMARTS) is 2. The van der Waals surface area contributed by atoms with Crippen molar-refractivity contribution in [1.82, 2.24) is 0 Å². The summed E-state index contributed by atoms with van der Waals surface area (Å²) in [5.41, 5.74) is 5.98. The number of thioether (sulfide) groups is 2. The van der Waals surface area contributed by atoms with Crippen molar-refractivity contribution >= 4 is 35.5 Å². The van der Waals surface area contributed by atoms with Gasteiger partial charge in [0, 0.05) is 58.5 Å². The number of aliphatic carboxylic acids is 2. The highest BCUT2D eigenvalue weighted by Crippen LogP contribution is 2.22. The topological polar surface area (TPSA) is 93.1 Å². The quantitative estimate of drug-likeness (QED) is 0.0823. The molecule has 0 fully saturated rings. The lowest BCUT2D eigenvalue weighted by Crippen LogP contribution is -2.26. The molecular formula is C44H42O6S2. The zero-order valence-electron chi connectivity index (χ0n) is 29.3. The normalized spacial score (nSPS) is 12.1. The van der Waals surface area contributed by atoms with Crippen molar-refractivity contribution in [2.45, 2.75) is 48.7 Å². The van der Waals surface area contributed by atoms with E-state index in [0.717, 1.165) is 54.7 Å². The van der Waals surface area contributed by atoms with Gasteiger partial charge in [0.1, 0.15) is 0 Å². The molecule has 2 atom stereocenters. The molecule has 0 aromatic heterocycles. The Bertz CT molecular complexity index is 1770. The molecule has 0 saturated carbocycles. The smallest absolute Gasteiger partial charge is 0.333 e. The second-order valence-corrected chi connectivity index (χ2v) is 13.6. The number of rotatable bonds is 17. The van der Waals surface area contributed by atoms with E-state index in [1.165, 1.54) is 0 Å². The fraction of sp³-hybridized carbons (Fsp3) is 0.227. The maximum atomic E-state index is 11.3. The molecular weight excluding hydrogens is 689 g/mol. The van der Waals surface area contributed by atoms with Crippen molar-refractivity contribution in [3.05, 3.63) is 144 Å². The average molecular weight is 731 g/mol. The summed E-state index contributed by atoms with van der Waals surface area (Å²) in [5.74, 6) is 12.3. The summed E-state index contributed by atoms with van der Waals surface area (Å²) in [6, 6.07) is 32.2. The monoisotopic (exact) mass is 730 g/mol. The first-order chi connectivity index (χ1) is 25.3. The number of ether oxygens (including phenoxy) is 2. The van der Waals surface area contributed by atoms with Gasteiger partial charge in [-0.15, -0.1) is 23.5 Å². The second kappa shape index (κ2) is 22.1. The van der Waals surface area contributed by atoms with Gasteiger partial charge in [-0.3, -0.25) is 0 Å². The highest BCUT2D eigenvalue weighted by Gasteiger charge is 2.18. The highest BCUT2D eigenvalue weighted by molar-refractivity contribution is 7.99. The zero-order valence-corrected chi connectivity index (χ0v) is 30.9. The zero-order chi connectivity index (χ0) is 37.0. The third kappa shape index (κ3) is 14.0. The number of hydrogen-bond acceptors (Lipinski definition) is 6. The van der Waals surface area contributed by atoms with E-state index in [4.69, 9.17) is 9.47 Å². The predicted molar refractivity (Wildman–Crippen MR) is 212 cm³/mol. The summed E-state index contributed by atoms with van der Waals surface area (Å²) < 4.78 is 10.6. The number of benzene rings is 4. The van der Waals surface area contributed by atoms with Crippen LogP contribution in [-0.4, -0.2) is 59.1 Å². The minimum Gasteiger partial charge on any atom is -0.479 e. The summed E-state index contributed by atoms with van der Waals surface area (Å²) in [5, 5.41) is 18.5. The first kappa shape index (κ1) is 39.8. The largest absolute Gasteiger partial charge is 0.479 e. The number of allylic oxidation sites excluding steroid dienone is 2.